The zero-order valence-corrected chi connectivity index (χ0v) is 8.93. The van der Waals surface area contributed by atoms with E-state index in [-0.39, 0.29) is 0 Å². The molecular weight excluding hydrogens is 232 g/mol. The highest BCUT2D eigenvalue weighted by atomic mass is 79.9. The van der Waals surface area contributed by atoms with E-state index in [2.05, 4.69) is 28.9 Å². The first-order valence-corrected chi connectivity index (χ1v) is 5.11. The Hall–Kier alpha value is -0.700. The van der Waals surface area contributed by atoms with Crippen LogP contribution in [0.5, 0.6) is 11.5 Å². The van der Waals surface area contributed by atoms with Crippen molar-refractivity contribution in [2.45, 2.75) is 18.2 Å². The Balaban J connectivity index is 2.21. The first-order valence-electron chi connectivity index (χ1n) is 4.20. The van der Waals surface area contributed by atoms with E-state index in [1.165, 1.54) is 0 Å². The number of rotatable bonds is 2. The number of hydrogen-bond acceptors (Lipinski definition) is 2. The van der Waals surface area contributed by atoms with Gasteiger partial charge in [0.1, 0.15) is 0 Å². The van der Waals surface area contributed by atoms with Crippen LogP contribution in [0.3, 0.4) is 0 Å². The van der Waals surface area contributed by atoms with Gasteiger partial charge in [0, 0.05) is 4.83 Å². The molecule has 0 saturated carbocycles. The molecule has 2 rings (SSSR count). The molecule has 1 aromatic rings. The molecule has 0 N–H and O–H groups in total. The summed E-state index contributed by atoms with van der Waals surface area (Å²) in [6.45, 7) is 2.44. The number of fused-ring (bicyclic) bond motifs is 1. The third kappa shape index (κ3) is 1.97. The van der Waals surface area contributed by atoms with E-state index in [0.717, 1.165) is 23.5 Å². The van der Waals surface area contributed by atoms with Gasteiger partial charge in [-0.25, -0.2) is 0 Å². The third-order valence-electron chi connectivity index (χ3n) is 1.87. The molecule has 3 heteroatoms. The molecule has 0 aliphatic carbocycles. The number of alkyl halides is 1. The minimum atomic E-state index is 0.330. The lowest BCUT2D eigenvalue weighted by atomic mass is 10.1. The normalized spacial score (nSPS) is 15.8. The van der Waals surface area contributed by atoms with Gasteiger partial charge in [0.2, 0.25) is 6.79 Å². The quantitative estimate of drug-likeness (QED) is 0.742. The molecule has 1 aliphatic rings. The van der Waals surface area contributed by atoms with E-state index < -0.39 is 0 Å². The van der Waals surface area contributed by atoms with Crippen LogP contribution >= 0.6 is 15.9 Å². The Bertz CT molecular complexity index is 310. The van der Waals surface area contributed by atoms with Gasteiger partial charge in [0.05, 0.1) is 0 Å². The standard InChI is InChI=1S/C10H10BrO2/c1-7(11)4-8-2-3-9-10(5-8)13-6-12-9/h3,5,7H,4,6H2,1H3. The smallest absolute Gasteiger partial charge is 0.231 e. The number of ether oxygens (including phenoxy) is 2. The van der Waals surface area contributed by atoms with Crippen molar-refractivity contribution in [3.05, 3.63) is 23.8 Å². The highest BCUT2D eigenvalue weighted by Crippen LogP contribution is 2.32. The number of halogens is 1. The van der Waals surface area contributed by atoms with Crippen LogP contribution in [0.2, 0.25) is 0 Å². The van der Waals surface area contributed by atoms with Gasteiger partial charge in [-0.2, -0.15) is 0 Å². The lowest BCUT2D eigenvalue weighted by Crippen LogP contribution is -1.96. The van der Waals surface area contributed by atoms with Crippen LogP contribution in [0.15, 0.2) is 12.1 Å². The van der Waals surface area contributed by atoms with E-state index in [9.17, 15) is 0 Å². The van der Waals surface area contributed by atoms with Crippen LogP contribution in [-0.4, -0.2) is 11.6 Å². The molecule has 1 atom stereocenters. The average molecular weight is 242 g/mol. The monoisotopic (exact) mass is 241 g/mol. The van der Waals surface area contributed by atoms with Gasteiger partial charge in [0.15, 0.2) is 11.5 Å². The first-order chi connectivity index (χ1) is 6.25. The second kappa shape index (κ2) is 3.58. The second-order valence-corrected chi connectivity index (χ2v) is 4.64. The SMILES string of the molecule is CC(Br)Cc1[c]cc2c(c1)OCO2. The van der Waals surface area contributed by atoms with Gasteiger partial charge in [-0.05, 0) is 30.2 Å². The van der Waals surface area contributed by atoms with Crippen LogP contribution in [0.25, 0.3) is 0 Å². The van der Waals surface area contributed by atoms with Gasteiger partial charge in [-0.15, -0.1) is 0 Å². The molecule has 2 nitrogen and oxygen atoms in total. The molecule has 0 fully saturated rings. The van der Waals surface area contributed by atoms with Crippen LogP contribution in [0, 0.1) is 6.07 Å². The summed E-state index contributed by atoms with van der Waals surface area (Å²) in [7, 11) is 0. The Labute approximate surface area is 86.0 Å². The molecule has 0 aromatic heterocycles. The molecule has 0 spiro atoms. The van der Waals surface area contributed by atoms with Gasteiger partial charge < -0.3 is 9.47 Å². The van der Waals surface area contributed by atoms with Gasteiger partial charge in [-0.1, -0.05) is 22.9 Å². The van der Waals surface area contributed by atoms with Crippen molar-refractivity contribution in [2.24, 2.45) is 0 Å². The lowest BCUT2D eigenvalue weighted by molar-refractivity contribution is 0.174. The third-order valence-corrected chi connectivity index (χ3v) is 2.19. The molecule has 0 bridgehead atoms. The Morgan fingerprint density at radius 3 is 3.08 bits per heavy atom. The first kappa shape index (κ1) is 8.88. The van der Waals surface area contributed by atoms with Crippen LogP contribution in [0.4, 0.5) is 0 Å². The highest BCUT2D eigenvalue weighted by Gasteiger charge is 2.13. The Morgan fingerprint density at radius 1 is 1.54 bits per heavy atom. The summed E-state index contributed by atoms with van der Waals surface area (Å²) in [6, 6.07) is 6.99. The van der Waals surface area contributed by atoms with Gasteiger partial charge in [-0.3, -0.25) is 0 Å². The summed E-state index contributed by atoms with van der Waals surface area (Å²) in [5.74, 6) is 1.63. The zero-order valence-electron chi connectivity index (χ0n) is 7.34. The fourth-order valence-corrected chi connectivity index (χ4v) is 1.65. The summed E-state index contributed by atoms with van der Waals surface area (Å²) in [6.07, 6.45) is 0.955. The van der Waals surface area contributed by atoms with Crippen LogP contribution < -0.4 is 9.47 Å². The minimum Gasteiger partial charge on any atom is -0.454 e. The predicted octanol–water partition coefficient (Wildman–Crippen LogP) is 2.54. The highest BCUT2D eigenvalue weighted by molar-refractivity contribution is 9.09. The predicted molar refractivity (Wildman–Crippen MR) is 53.5 cm³/mol. The molecule has 1 heterocycles. The van der Waals surface area contributed by atoms with Crippen molar-refractivity contribution in [1.29, 1.82) is 0 Å². The maximum atomic E-state index is 5.26. The zero-order chi connectivity index (χ0) is 9.26. The largest absolute Gasteiger partial charge is 0.454 e. The molecule has 1 radical (unpaired) electrons. The summed E-state index contributed by atoms with van der Waals surface area (Å²) in [4.78, 5) is 0.462. The van der Waals surface area contributed by atoms with E-state index in [1.807, 2.05) is 12.1 Å². The van der Waals surface area contributed by atoms with E-state index in [0.29, 0.717) is 11.6 Å². The summed E-state index contributed by atoms with van der Waals surface area (Å²) < 4.78 is 10.5. The summed E-state index contributed by atoms with van der Waals surface area (Å²) >= 11 is 3.50. The fourth-order valence-electron chi connectivity index (χ4n) is 1.30. The van der Waals surface area contributed by atoms with Gasteiger partial charge in [0.25, 0.3) is 0 Å². The molecule has 0 amide bonds. The molecule has 13 heavy (non-hydrogen) atoms. The molecule has 1 aromatic carbocycles. The lowest BCUT2D eigenvalue weighted by Gasteiger charge is -2.03. The maximum absolute atomic E-state index is 5.26. The maximum Gasteiger partial charge on any atom is 0.231 e. The topological polar surface area (TPSA) is 18.5 Å². The average Bonchev–Trinajstić information content (AvgIpc) is 2.49. The molecule has 69 valence electrons. The molecule has 1 unspecified atom stereocenters. The van der Waals surface area contributed by atoms with E-state index >= 15 is 0 Å². The Morgan fingerprint density at radius 2 is 2.31 bits per heavy atom. The van der Waals surface area contributed by atoms with Crippen molar-refractivity contribution < 1.29 is 9.47 Å². The van der Waals surface area contributed by atoms with Crippen molar-refractivity contribution in [1.82, 2.24) is 0 Å². The van der Waals surface area contributed by atoms with Crippen LogP contribution in [0.1, 0.15) is 12.5 Å². The fraction of sp³-hybridized carbons (Fsp3) is 0.400. The van der Waals surface area contributed by atoms with Crippen molar-refractivity contribution in [2.75, 3.05) is 6.79 Å². The second-order valence-electron chi connectivity index (χ2n) is 3.08. The summed E-state index contributed by atoms with van der Waals surface area (Å²) in [5, 5.41) is 0. The number of hydrogen-bond donors (Lipinski definition) is 0. The summed E-state index contributed by atoms with van der Waals surface area (Å²) in [5.41, 5.74) is 1.15. The van der Waals surface area contributed by atoms with Crippen molar-refractivity contribution >= 4 is 15.9 Å². The van der Waals surface area contributed by atoms with Gasteiger partial charge >= 0.3 is 0 Å². The van der Waals surface area contributed by atoms with Crippen molar-refractivity contribution in [3.63, 3.8) is 0 Å². The van der Waals surface area contributed by atoms with Crippen molar-refractivity contribution in [3.8, 4) is 11.5 Å². The molecule has 1 aliphatic heterocycles. The van der Waals surface area contributed by atoms with E-state index in [1.54, 1.807) is 0 Å². The molecular formula is C10H10BrO2. The molecule has 0 saturated heterocycles. The Kier molecular flexibility index (Phi) is 2.44. The van der Waals surface area contributed by atoms with Crippen LogP contribution in [-0.2, 0) is 6.42 Å². The number of benzene rings is 1. The minimum absolute atomic E-state index is 0.330. The van der Waals surface area contributed by atoms with E-state index in [4.69, 9.17) is 9.47 Å².